The van der Waals surface area contributed by atoms with E-state index in [1.807, 2.05) is 0 Å². The first-order chi connectivity index (χ1) is 6.39. The van der Waals surface area contributed by atoms with E-state index in [1.54, 1.807) is 13.8 Å². The molecule has 2 atom stereocenters. The average Bonchev–Trinajstić information content (AvgIpc) is 2.98. The SMILES string of the molecule is CCC(Br)(C(O)C1CC1)S(=O)(=O)CC. The standard InChI is InChI=1S/C9H17BrO3S/c1-3-9(10,14(12,13)4-2)8(11)7-5-6-7/h7-8,11H,3-6H2,1-2H3. The van der Waals surface area contributed by atoms with Gasteiger partial charge in [0, 0.05) is 5.75 Å². The van der Waals surface area contributed by atoms with Crippen LogP contribution in [0.4, 0.5) is 0 Å². The zero-order valence-corrected chi connectivity index (χ0v) is 10.9. The van der Waals surface area contributed by atoms with Crippen molar-refractivity contribution in [2.24, 2.45) is 5.92 Å². The highest BCUT2D eigenvalue weighted by atomic mass is 79.9. The first-order valence-corrected chi connectivity index (χ1v) is 7.42. The van der Waals surface area contributed by atoms with E-state index in [4.69, 9.17) is 0 Å². The van der Waals surface area contributed by atoms with Gasteiger partial charge >= 0.3 is 0 Å². The third-order valence-corrected chi connectivity index (χ3v) is 7.72. The molecule has 0 radical (unpaired) electrons. The Labute approximate surface area is 93.9 Å². The van der Waals surface area contributed by atoms with Gasteiger partial charge in [0.2, 0.25) is 0 Å². The predicted octanol–water partition coefficient (Wildman–Crippen LogP) is 1.69. The predicted molar refractivity (Wildman–Crippen MR) is 60.1 cm³/mol. The third-order valence-electron chi connectivity index (χ3n) is 2.89. The van der Waals surface area contributed by atoms with Crippen LogP contribution in [0.15, 0.2) is 0 Å². The fraction of sp³-hybridized carbons (Fsp3) is 1.00. The molecule has 0 saturated heterocycles. The van der Waals surface area contributed by atoms with Crippen molar-refractivity contribution in [3.05, 3.63) is 0 Å². The van der Waals surface area contributed by atoms with Gasteiger partial charge in [0.15, 0.2) is 13.5 Å². The Morgan fingerprint density at radius 1 is 1.50 bits per heavy atom. The van der Waals surface area contributed by atoms with Crippen molar-refractivity contribution in [3.63, 3.8) is 0 Å². The Balaban J connectivity index is 2.95. The lowest BCUT2D eigenvalue weighted by atomic mass is 10.1. The number of hydrogen-bond acceptors (Lipinski definition) is 3. The second-order valence-corrected chi connectivity index (χ2v) is 8.30. The van der Waals surface area contributed by atoms with Crippen molar-refractivity contribution in [2.45, 2.75) is 42.9 Å². The lowest BCUT2D eigenvalue weighted by Crippen LogP contribution is -2.45. The van der Waals surface area contributed by atoms with Crippen LogP contribution in [0.5, 0.6) is 0 Å². The molecule has 1 fully saturated rings. The van der Waals surface area contributed by atoms with Crippen LogP contribution < -0.4 is 0 Å². The van der Waals surface area contributed by atoms with Gasteiger partial charge in [0.1, 0.15) is 0 Å². The van der Waals surface area contributed by atoms with E-state index in [1.165, 1.54) is 0 Å². The monoisotopic (exact) mass is 284 g/mol. The van der Waals surface area contributed by atoms with Crippen molar-refractivity contribution < 1.29 is 13.5 Å². The number of aliphatic hydroxyl groups is 1. The summed E-state index contributed by atoms with van der Waals surface area (Å²) in [5.41, 5.74) is 0. The minimum Gasteiger partial charge on any atom is -0.390 e. The summed E-state index contributed by atoms with van der Waals surface area (Å²) in [5, 5.41) is 9.95. The van der Waals surface area contributed by atoms with Gasteiger partial charge in [-0.1, -0.05) is 29.8 Å². The van der Waals surface area contributed by atoms with Gasteiger partial charge < -0.3 is 5.11 Å². The minimum absolute atomic E-state index is 0.0653. The van der Waals surface area contributed by atoms with Gasteiger partial charge in [-0.15, -0.1) is 0 Å². The number of hydrogen-bond donors (Lipinski definition) is 1. The molecule has 0 bridgehead atoms. The van der Waals surface area contributed by atoms with Gasteiger partial charge in [-0.25, -0.2) is 8.42 Å². The van der Waals surface area contributed by atoms with Crippen molar-refractivity contribution in [3.8, 4) is 0 Å². The van der Waals surface area contributed by atoms with E-state index in [-0.39, 0.29) is 11.7 Å². The van der Waals surface area contributed by atoms with Crippen LogP contribution in [0.3, 0.4) is 0 Å². The molecule has 1 rings (SSSR count). The van der Waals surface area contributed by atoms with E-state index in [0.717, 1.165) is 12.8 Å². The second kappa shape index (κ2) is 4.10. The second-order valence-electron chi connectivity index (χ2n) is 3.83. The molecule has 3 nitrogen and oxygen atoms in total. The summed E-state index contributed by atoms with van der Waals surface area (Å²) in [4.78, 5) is 0. The first kappa shape index (κ1) is 12.5. The fourth-order valence-electron chi connectivity index (χ4n) is 1.62. The maximum Gasteiger partial charge on any atom is 0.168 e. The molecule has 0 amide bonds. The maximum atomic E-state index is 11.8. The Hall–Kier alpha value is 0.390. The molecule has 2 unspecified atom stereocenters. The highest BCUT2D eigenvalue weighted by Gasteiger charge is 2.50. The molecular weight excluding hydrogens is 268 g/mol. The quantitative estimate of drug-likeness (QED) is 0.782. The molecule has 14 heavy (non-hydrogen) atoms. The normalized spacial score (nSPS) is 24.3. The van der Waals surface area contributed by atoms with Crippen molar-refractivity contribution in [1.82, 2.24) is 0 Å². The van der Waals surface area contributed by atoms with Gasteiger partial charge in [0.25, 0.3) is 0 Å². The van der Waals surface area contributed by atoms with Crippen LogP contribution in [0.2, 0.25) is 0 Å². The molecule has 1 aliphatic rings. The molecule has 0 aromatic carbocycles. The van der Waals surface area contributed by atoms with Crippen LogP contribution in [-0.2, 0) is 9.84 Å². The Morgan fingerprint density at radius 2 is 2.00 bits per heavy atom. The zero-order valence-electron chi connectivity index (χ0n) is 8.53. The largest absolute Gasteiger partial charge is 0.390 e. The van der Waals surface area contributed by atoms with Crippen LogP contribution in [0, 0.1) is 5.92 Å². The van der Waals surface area contributed by atoms with Gasteiger partial charge in [0.05, 0.1) is 6.10 Å². The smallest absolute Gasteiger partial charge is 0.168 e. The zero-order chi connectivity index (χ0) is 11.0. The summed E-state index contributed by atoms with van der Waals surface area (Å²) in [7, 11) is -3.25. The summed E-state index contributed by atoms with van der Waals surface area (Å²) in [6, 6.07) is 0. The summed E-state index contributed by atoms with van der Waals surface area (Å²) in [6.07, 6.45) is 1.51. The maximum absolute atomic E-state index is 11.8. The lowest BCUT2D eigenvalue weighted by molar-refractivity contribution is 0.135. The van der Waals surface area contributed by atoms with Crippen LogP contribution in [0.1, 0.15) is 33.1 Å². The fourth-order valence-corrected chi connectivity index (χ4v) is 4.16. The van der Waals surface area contributed by atoms with E-state index >= 15 is 0 Å². The van der Waals surface area contributed by atoms with Crippen LogP contribution in [0.25, 0.3) is 0 Å². The van der Waals surface area contributed by atoms with Crippen molar-refractivity contribution in [2.75, 3.05) is 5.75 Å². The van der Waals surface area contributed by atoms with Gasteiger partial charge in [-0.05, 0) is 25.2 Å². The summed E-state index contributed by atoms with van der Waals surface area (Å²) in [6.45, 7) is 3.40. The van der Waals surface area contributed by atoms with E-state index in [9.17, 15) is 13.5 Å². The molecule has 5 heteroatoms. The van der Waals surface area contributed by atoms with Crippen LogP contribution in [-0.4, -0.2) is 29.0 Å². The van der Waals surface area contributed by atoms with E-state index < -0.39 is 19.6 Å². The van der Waals surface area contributed by atoms with Gasteiger partial charge in [-0.2, -0.15) is 0 Å². The van der Waals surface area contributed by atoms with Gasteiger partial charge in [-0.3, -0.25) is 0 Å². The van der Waals surface area contributed by atoms with Crippen LogP contribution >= 0.6 is 15.9 Å². The molecule has 1 N–H and O–H groups in total. The molecule has 0 aromatic rings. The molecule has 84 valence electrons. The highest BCUT2D eigenvalue weighted by Crippen LogP contribution is 2.45. The van der Waals surface area contributed by atoms with E-state index in [2.05, 4.69) is 15.9 Å². The molecule has 0 heterocycles. The summed E-state index contributed by atoms with van der Waals surface area (Å²) in [5.74, 6) is 0.228. The summed E-state index contributed by atoms with van der Waals surface area (Å²) >= 11 is 3.23. The Bertz CT molecular complexity index is 297. The van der Waals surface area contributed by atoms with Crippen molar-refractivity contribution in [1.29, 1.82) is 0 Å². The van der Waals surface area contributed by atoms with E-state index in [0.29, 0.717) is 6.42 Å². The number of halogens is 1. The number of alkyl halides is 1. The Morgan fingerprint density at radius 3 is 2.29 bits per heavy atom. The molecule has 0 aromatic heterocycles. The number of sulfone groups is 1. The molecular formula is C9H17BrO3S. The molecule has 1 saturated carbocycles. The average molecular weight is 285 g/mol. The number of aliphatic hydroxyl groups excluding tert-OH is 1. The van der Waals surface area contributed by atoms with Crippen molar-refractivity contribution >= 4 is 25.8 Å². The highest BCUT2D eigenvalue weighted by molar-refractivity contribution is 9.11. The molecule has 1 aliphatic carbocycles. The third kappa shape index (κ3) is 1.99. The first-order valence-electron chi connectivity index (χ1n) is 4.98. The molecule has 0 spiro atoms. The molecule has 0 aliphatic heterocycles. The topological polar surface area (TPSA) is 54.4 Å². The number of rotatable bonds is 5. The minimum atomic E-state index is -3.25. The summed E-state index contributed by atoms with van der Waals surface area (Å²) < 4.78 is 22.5. The lowest BCUT2D eigenvalue weighted by Gasteiger charge is -2.30. The Kier molecular flexibility index (Phi) is 3.65.